The fourth-order valence-corrected chi connectivity index (χ4v) is 2.53. The quantitative estimate of drug-likeness (QED) is 0.689. The van der Waals surface area contributed by atoms with E-state index in [1.165, 1.54) is 0 Å². The molecular formula is C16H14Cl2N4O. The van der Waals surface area contributed by atoms with Gasteiger partial charge in [0.2, 0.25) is 5.88 Å². The van der Waals surface area contributed by atoms with Gasteiger partial charge in [0.1, 0.15) is 11.6 Å². The SMILES string of the molecule is Cc1cc(C)n(-c2cc(Oc3cc(Cl)ccc3Cl)nc(C)n2)n1. The average molecular weight is 349 g/mol. The lowest BCUT2D eigenvalue weighted by Gasteiger charge is -2.10. The lowest BCUT2D eigenvalue weighted by atomic mass is 10.3. The number of aryl methyl sites for hydroxylation is 3. The van der Waals surface area contributed by atoms with Crippen LogP contribution in [0, 0.1) is 20.8 Å². The van der Waals surface area contributed by atoms with Crippen LogP contribution in [0.3, 0.4) is 0 Å². The van der Waals surface area contributed by atoms with Crippen LogP contribution < -0.4 is 4.74 Å². The Kier molecular flexibility index (Phi) is 4.24. The molecule has 0 atom stereocenters. The van der Waals surface area contributed by atoms with Crippen LogP contribution in [-0.4, -0.2) is 19.7 Å². The maximum Gasteiger partial charge on any atom is 0.224 e. The third-order valence-corrected chi connectivity index (χ3v) is 3.68. The molecule has 0 unspecified atom stereocenters. The van der Waals surface area contributed by atoms with Crippen LogP contribution >= 0.6 is 23.2 Å². The van der Waals surface area contributed by atoms with Crippen molar-refractivity contribution in [2.75, 3.05) is 0 Å². The van der Waals surface area contributed by atoms with E-state index in [1.807, 2.05) is 19.9 Å². The second kappa shape index (κ2) is 6.18. The molecule has 1 aromatic carbocycles. The summed E-state index contributed by atoms with van der Waals surface area (Å²) >= 11 is 12.1. The van der Waals surface area contributed by atoms with Crippen molar-refractivity contribution >= 4 is 23.2 Å². The monoisotopic (exact) mass is 348 g/mol. The van der Waals surface area contributed by atoms with Gasteiger partial charge in [-0.25, -0.2) is 9.67 Å². The predicted octanol–water partition coefficient (Wildman–Crippen LogP) is 4.69. The summed E-state index contributed by atoms with van der Waals surface area (Å²) in [6, 6.07) is 8.71. The van der Waals surface area contributed by atoms with Crippen molar-refractivity contribution in [2.45, 2.75) is 20.8 Å². The van der Waals surface area contributed by atoms with Gasteiger partial charge in [0.25, 0.3) is 0 Å². The molecule has 3 rings (SSSR count). The molecule has 2 heterocycles. The summed E-state index contributed by atoms with van der Waals surface area (Å²) in [5.74, 6) is 2.03. The zero-order valence-electron chi connectivity index (χ0n) is 12.8. The van der Waals surface area contributed by atoms with Gasteiger partial charge in [0.05, 0.1) is 10.7 Å². The second-order valence-corrected chi connectivity index (χ2v) is 5.97. The van der Waals surface area contributed by atoms with Gasteiger partial charge in [-0.1, -0.05) is 23.2 Å². The summed E-state index contributed by atoms with van der Waals surface area (Å²) in [6.45, 7) is 5.69. The number of halogens is 2. The van der Waals surface area contributed by atoms with Gasteiger partial charge in [0.15, 0.2) is 5.82 Å². The first-order valence-electron chi connectivity index (χ1n) is 6.94. The number of aromatic nitrogens is 4. The third kappa shape index (κ3) is 3.46. The van der Waals surface area contributed by atoms with E-state index in [0.29, 0.717) is 33.3 Å². The van der Waals surface area contributed by atoms with Crippen molar-refractivity contribution in [3.8, 4) is 17.4 Å². The summed E-state index contributed by atoms with van der Waals surface area (Å²) < 4.78 is 7.52. The highest BCUT2D eigenvalue weighted by atomic mass is 35.5. The molecule has 5 nitrogen and oxygen atoms in total. The number of hydrogen-bond acceptors (Lipinski definition) is 4. The summed E-state index contributed by atoms with van der Waals surface area (Å²) in [5, 5.41) is 5.42. The average Bonchev–Trinajstić information content (AvgIpc) is 2.81. The molecule has 2 aromatic heterocycles. The van der Waals surface area contributed by atoms with Crippen LogP contribution in [0.25, 0.3) is 5.82 Å². The molecule has 0 N–H and O–H groups in total. The Morgan fingerprint density at radius 1 is 1.00 bits per heavy atom. The van der Waals surface area contributed by atoms with Gasteiger partial charge in [-0.2, -0.15) is 10.1 Å². The molecule has 3 aromatic rings. The second-order valence-electron chi connectivity index (χ2n) is 5.13. The van der Waals surface area contributed by atoms with Crippen LogP contribution in [0.1, 0.15) is 17.2 Å². The van der Waals surface area contributed by atoms with Crippen LogP contribution in [0.15, 0.2) is 30.3 Å². The van der Waals surface area contributed by atoms with Crippen LogP contribution in [0.2, 0.25) is 10.0 Å². The van der Waals surface area contributed by atoms with Gasteiger partial charge in [-0.05, 0) is 39.0 Å². The number of hydrogen-bond donors (Lipinski definition) is 0. The highest BCUT2D eigenvalue weighted by Gasteiger charge is 2.11. The molecule has 0 aliphatic rings. The molecule has 23 heavy (non-hydrogen) atoms. The molecule has 0 fully saturated rings. The van der Waals surface area contributed by atoms with Crippen molar-refractivity contribution in [1.82, 2.24) is 19.7 Å². The first-order valence-corrected chi connectivity index (χ1v) is 7.70. The van der Waals surface area contributed by atoms with Crippen molar-refractivity contribution in [2.24, 2.45) is 0 Å². The molecule has 0 aliphatic carbocycles. The normalized spacial score (nSPS) is 10.8. The van der Waals surface area contributed by atoms with Crippen LogP contribution in [0.5, 0.6) is 11.6 Å². The Morgan fingerprint density at radius 3 is 2.48 bits per heavy atom. The Balaban J connectivity index is 2.01. The number of benzene rings is 1. The molecule has 118 valence electrons. The van der Waals surface area contributed by atoms with Crippen molar-refractivity contribution < 1.29 is 4.74 Å². The fraction of sp³-hybridized carbons (Fsp3) is 0.188. The predicted molar refractivity (Wildman–Crippen MR) is 89.9 cm³/mol. The van der Waals surface area contributed by atoms with E-state index in [9.17, 15) is 0 Å². The lowest BCUT2D eigenvalue weighted by Crippen LogP contribution is -2.05. The number of rotatable bonds is 3. The van der Waals surface area contributed by atoms with Crippen molar-refractivity contribution in [3.63, 3.8) is 0 Å². The minimum atomic E-state index is 0.379. The van der Waals surface area contributed by atoms with Gasteiger partial charge in [0, 0.05) is 22.8 Å². The summed E-state index contributed by atoms with van der Waals surface area (Å²) in [6.07, 6.45) is 0. The van der Waals surface area contributed by atoms with Crippen LogP contribution in [-0.2, 0) is 0 Å². The molecule has 0 radical (unpaired) electrons. The van der Waals surface area contributed by atoms with E-state index in [0.717, 1.165) is 11.4 Å². The molecule has 7 heteroatoms. The molecule has 0 aliphatic heterocycles. The lowest BCUT2D eigenvalue weighted by molar-refractivity contribution is 0.459. The molecule has 0 saturated carbocycles. The molecule has 0 bridgehead atoms. The number of nitrogens with zero attached hydrogens (tertiary/aromatic N) is 4. The standard InChI is InChI=1S/C16H14Cl2N4O/c1-9-6-10(2)22(21-9)15-8-16(20-11(3)19-15)23-14-7-12(17)4-5-13(14)18/h4-8H,1-3H3. The van der Waals surface area contributed by atoms with Gasteiger partial charge >= 0.3 is 0 Å². The minimum Gasteiger partial charge on any atom is -0.437 e. The van der Waals surface area contributed by atoms with Gasteiger partial charge in [-0.15, -0.1) is 0 Å². The molecule has 0 saturated heterocycles. The third-order valence-electron chi connectivity index (χ3n) is 3.14. The molecule has 0 amide bonds. The summed E-state index contributed by atoms with van der Waals surface area (Å²) in [7, 11) is 0. The van der Waals surface area contributed by atoms with E-state index in [1.54, 1.807) is 35.9 Å². The Labute approximate surface area is 143 Å². The van der Waals surface area contributed by atoms with E-state index in [4.69, 9.17) is 27.9 Å². The number of ether oxygens (including phenoxy) is 1. The van der Waals surface area contributed by atoms with Crippen molar-refractivity contribution in [1.29, 1.82) is 0 Å². The molecular weight excluding hydrogens is 335 g/mol. The summed E-state index contributed by atoms with van der Waals surface area (Å²) in [5.41, 5.74) is 1.89. The highest BCUT2D eigenvalue weighted by Crippen LogP contribution is 2.31. The fourth-order valence-electron chi connectivity index (χ4n) is 2.21. The van der Waals surface area contributed by atoms with E-state index in [-0.39, 0.29) is 0 Å². The Hall–Kier alpha value is -2.11. The molecule has 0 spiro atoms. The van der Waals surface area contributed by atoms with Gasteiger partial charge in [-0.3, -0.25) is 0 Å². The highest BCUT2D eigenvalue weighted by molar-refractivity contribution is 6.34. The zero-order chi connectivity index (χ0) is 16.6. The van der Waals surface area contributed by atoms with Crippen LogP contribution in [0.4, 0.5) is 0 Å². The van der Waals surface area contributed by atoms with Gasteiger partial charge < -0.3 is 4.74 Å². The Bertz CT molecular complexity index is 877. The topological polar surface area (TPSA) is 52.8 Å². The first-order chi connectivity index (χ1) is 10.9. The summed E-state index contributed by atoms with van der Waals surface area (Å²) in [4.78, 5) is 8.70. The van der Waals surface area contributed by atoms with E-state index in [2.05, 4.69) is 15.1 Å². The first kappa shape index (κ1) is 15.8. The van der Waals surface area contributed by atoms with E-state index < -0.39 is 0 Å². The minimum absolute atomic E-state index is 0.379. The maximum absolute atomic E-state index is 6.13. The zero-order valence-corrected chi connectivity index (χ0v) is 14.4. The van der Waals surface area contributed by atoms with E-state index >= 15 is 0 Å². The maximum atomic E-state index is 6.13. The largest absolute Gasteiger partial charge is 0.437 e. The Morgan fingerprint density at radius 2 is 1.78 bits per heavy atom. The smallest absolute Gasteiger partial charge is 0.224 e. The van der Waals surface area contributed by atoms with Crippen molar-refractivity contribution in [3.05, 3.63) is 57.6 Å².